The number of hydrogen-bond donors (Lipinski definition) is 1. The van der Waals surface area contributed by atoms with E-state index in [4.69, 9.17) is 9.15 Å². The van der Waals surface area contributed by atoms with Crippen molar-refractivity contribution < 1.29 is 13.9 Å². The van der Waals surface area contributed by atoms with E-state index in [1.165, 1.54) is 6.07 Å². The van der Waals surface area contributed by atoms with Crippen LogP contribution in [0.2, 0.25) is 0 Å². The molecule has 25 heavy (non-hydrogen) atoms. The Morgan fingerprint density at radius 3 is 2.60 bits per heavy atom. The lowest BCUT2D eigenvalue weighted by molar-refractivity contribution is -0.122. The third-order valence-electron chi connectivity index (χ3n) is 3.92. The molecule has 0 aliphatic heterocycles. The summed E-state index contributed by atoms with van der Waals surface area (Å²) in [7, 11) is 0. The maximum absolute atomic E-state index is 12.4. The zero-order valence-corrected chi connectivity index (χ0v) is 14.3. The fourth-order valence-corrected chi connectivity index (χ4v) is 2.56. The van der Waals surface area contributed by atoms with Crippen molar-refractivity contribution in [3.05, 3.63) is 70.1 Å². The highest BCUT2D eigenvalue weighted by Crippen LogP contribution is 2.21. The van der Waals surface area contributed by atoms with Crippen molar-refractivity contribution in [2.75, 3.05) is 5.32 Å². The second-order valence-corrected chi connectivity index (χ2v) is 6.02. The van der Waals surface area contributed by atoms with E-state index in [2.05, 4.69) is 5.32 Å². The van der Waals surface area contributed by atoms with E-state index in [1.54, 1.807) is 31.2 Å². The quantitative estimate of drug-likeness (QED) is 0.735. The molecule has 1 atom stereocenters. The number of benzene rings is 2. The van der Waals surface area contributed by atoms with Gasteiger partial charge in [0.25, 0.3) is 5.91 Å². The maximum atomic E-state index is 12.4. The smallest absolute Gasteiger partial charge is 0.336 e. The number of anilines is 1. The van der Waals surface area contributed by atoms with E-state index < -0.39 is 11.7 Å². The number of carbonyl (C=O) groups excluding carboxylic acids is 1. The van der Waals surface area contributed by atoms with Gasteiger partial charge in [-0.15, -0.1) is 0 Å². The Bertz CT molecular complexity index is 990. The summed E-state index contributed by atoms with van der Waals surface area (Å²) in [4.78, 5) is 23.7. The lowest BCUT2D eigenvalue weighted by Crippen LogP contribution is -2.30. The van der Waals surface area contributed by atoms with E-state index >= 15 is 0 Å². The van der Waals surface area contributed by atoms with Gasteiger partial charge >= 0.3 is 5.63 Å². The highest BCUT2D eigenvalue weighted by atomic mass is 16.5. The van der Waals surface area contributed by atoms with Crippen molar-refractivity contribution >= 4 is 22.6 Å². The first-order valence-corrected chi connectivity index (χ1v) is 8.01. The fourth-order valence-electron chi connectivity index (χ4n) is 2.56. The number of hydrogen-bond acceptors (Lipinski definition) is 4. The van der Waals surface area contributed by atoms with Gasteiger partial charge in [0.05, 0.1) is 0 Å². The Morgan fingerprint density at radius 1 is 1.08 bits per heavy atom. The van der Waals surface area contributed by atoms with Gasteiger partial charge in [0.1, 0.15) is 11.3 Å². The molecule has 0 unspecified atom stereocenters. The topological polar surface area (TPSA) is 68.5 Å². The summed E-state index contributed by atoms with van der Waals surface area (Å²) in [6, 6.07) is 14.0. The molecule has 1 N–H and O–H groups in total. The summed E-state index contributed by atoms with van der Waals surface area (Å²) in [6.07, 6.45) is -0.700. The molecule has 5 nitrogen and oxygen atoms in total. The van der Waals surface area contributed by atoms with Gasteiger partial charge in [-0.2, -0.15) is 0 Å². The molecule has 0 aliphatic rings. The Kier molecular flexibility index (Phi) is 4.57. The van der Waals surface area contributed by atoms with Crippen LogP contribution in [0.15, 0.2) is 57.7 Å². The van der Waals surface area contributed by atoms with Gasteiger partial charge in [-0.05, 0) is 50.6 Å². The first-order valence-electron chi connectivity index (χ1n) is 8.01. The monoisotopic (exact) mass is 337 g/mol. The molecule has 1 amide bonds. The molecule has 0 spiro atoms. The molecule has 0 fully saturated rings. The second-order valence-electron chi connectivity index (χ2n) is 6.02. The Hall–Kier alpha value is -3.08. The van der Waals surface area contributed by atoms with Crippen molar-refractivity contribution in [2.45, 2.75) is 26.9 Å². The van der Waals surface area contributed by atoms with Gasteiger partial charge in [-0.1, -0.05) is 17.7 Å². The third-order valence-corrected chi connectivity index (χ3v) is 3.92. The highest BCUT2D eigenvalue weighted by molar-refractivity contribution is 5.94. The molecule has 1 heterocycles. The lowest BCUT2D eigenvalue weighted by atomic mass is 10.1. The summed E-state index contributed by atoms with van der Waals surface area (Å²) in [5, 5.41) is 3.66. The fraction of sp³-hybridized carbons (Fsp3) is 0.200. The minimum absolute atomic E-state index is 0.249. The Balaban J connectivity index is 1.73. The molecule has 0 saturated heterocycles. The van der Waals surface area contributed by atoms with Crippen LogP contribution in [0.1, 0.15) is 18.1 Å². The molecule has 1 aromatic heterocycles. The molecule has 5 heteroatoms. The van der Waals surface area contributed by atoms with E-state index in [1.807, 2.05) is 32.0 Å². The van der Waals surface area contributed by atoms with Crippen LogP contribution >= 0.6 is 0 Å². The molecular weight excluding hydrogens is 318 g/mol. The summed E-state index contributed by atoms with van der Waals surface area (Å²) < 4.78 is 10.8. The van der Waals surface area contributed by atoms with Crippen LogP contribution in [0.25, 0.3) is 11.0 Å². The van der Waals surface area contributed by atoms with Gasteiger partial charge in [-0.3, -0.25) is 4.79 Å². The van der Waals surface area contributed by atoms with Crippen LogP contribution < -0.4 is 15.7 Å². The average molecular weight is 337 g/mol. The molecular formula is C20H19NO4. The molecule has 2 aromatic carbocycles. The predicted octanol–water partition coefficient (Wildman–Crippen LogP) is 3.82. The third kappa shape index (κ3) is 3.88. The van der Waals surface area contributed by atoms with Gasteiger partial charge in [0.2, 0.25) is 0 Å². The van der Waals surface area contributed by atoms with E-state index in [9.17, 15) is 9.59 Å². The summed E-state index contributed by atoms with van der Waals surface area (Å²) in [5.41, 5.74) is 2.89. The van der Waals surface area contributed by atoms with Crippen LogP contribution in [0, 0.1) is 13.8 Å². The number of amides is 1. The first-order chi connectivity index (χ1) is 11.9. The zero-order chi connectivity index (χ0) is 18.0. The number of rotatable bonds is 4. The van der Waals surface area contributed by atoms with Crippen molar-refractivity contribution in [2.24, 2.45) is 0 Å². The standard InChI is InChI=1S/C20H19NO4/c1-12-4-8-17(13(2)10-12)21-20(23)14(3)24-16-7-5-15-6-9-19(22)25-18(15)11-16/h4-11,14H,1-3H3,(H,21,23)/t14-/m0/s1. The molecule has 3 aromatic rings. The van der Waals surface area contributed by atoms with Crippen molar-refractivity contribution in [3.8, 4) is 5.75 Å². The zero-order valence-electron chi connectivity index (χ0n) is 14.3. The molecule has 0 aliphatic carbocycles. The van der Waals surface area contributed by atoms with Crippen LogP contribution in [0.5, 0.6) is 5.75 Å². The number of fused-ring (bicyclic) bond motifs is 1. The summed E-state index contributed by atoms with van der Waals surface area (Å²) >= 11 is 0. The first kappa shape index (κ1) is 16.8. The van der Waals surface area contributed by atoms with E-state index in [-0.39, 0.29) is 5.91 Å². The number of aryl methyl sites for hydroxylation is 2. The maximum Gasteiger partial charge on any atom is 0.336 e. The average Bonchev–Trinajstić information content (AvgIpc) is 2.57. The second kappa shape index (κ2) is 6.81. The normalized spacial score (nSPS) is 12.0. The number of nitrogens with one attached hydrogen (secondary N) is 1. The van der Waals surface area contributed by atoms with Crippen molar-refractivity contribution in [1.82, 2.24) is 0 Å². The van der Waals surface area contributed by atoms with Gasteiger partial charge in [0, 0.05) is 23.2 Å². The van der Waals surface area contributed by atoms with Crippen LogP contribution in [-0.2, 0) is 4.79 Å². The lowest BCUT2D eigenvalue weighted by Gasteiger charge is -2.16. The highest BCUT2D eigenvalue weighted by Gasteiger charge is 2.16. The number of ether oxygens (including phenoxy) is 1. The van der Waals surface area contributed by atoms with E-state index in [0.29, 0.717) is 11.3 Å². The molecule has 128 valence electrons. The minimum Gasteiger partial charge on any atom is -0.481 e. The molecule has 0 radical (unpaired) electrons. The minimum atomic E-state index is -0.700. The van der Waals surface area contributed by atoms with Crippen LogP contribution in [0.4, 0.5) is 5.69 Å². The number of carbonyl (C=O) groups is 1. The van der Waals surface area contributed by atoms with Crippen molar-refractivity contribution in [3.63, 3.8) is 0 Å². The Labute approximate surface area is 145 Å². The van der Waals surface area contributed by atoms with Gasteiger partial charge in [0.15, 0.2) is 6.10 Å². The Morgan fingerprint density at radius 2 is 1.84 bits per heavy atom. The largest absolute Gasteiger partial charge is 0.481 e. The SMILES string of the molecule is Cc1ccc(NC(=O)[C@H](C)Oc2ccc3ccc(=O)oc3c2)c(C)c1. The van der Waals surface area contributed by atoms with Crippen LogP contribution in [0.3, 0.4) is 0 Å². The van der Waals surface area contributed by atoms with Crippen LogP contribution in [-0.4, -0.2) is 12.0 Å². The molecule has 0 bridgehead atoms. The van der Waals surface area contributed by atoms with Gasteiger partial charge in [-0.25, -0.2) is 4.79 Å². The predicted molar refractivity (Wildman–Crippen MR) is 97.1 cm³/mol. The summed E-state index contributed by atoms with van der Waals surface area (Å²) in [5.74, 6) is 0.215. The van der Waals surface area contributed by atoms with Crippen molar-refractivity contribution in [1.29, 1.82) is 0 Å². The van der Waals surface area contributed by atoms with Gasteiger partial charge < -0.3 is 14.5 Å². The molecule has 0 saturated carbocycles. The van der Waals surface area contributed by atoms with E-state index in [0.717, 1.165) is 22.2 Å². The summed E-state index contributed by atoms with van der Waals surface area (Å²) in [6.45, 7) is 5.62. The molecule has 3 rings (SSSR count).